The number of pyridine rings is 1. The van der Waals surface area contributed by atoms with E-state index in [2.05, 4.69) is 14.5 Å². The molecule has 24 heavy (non-hydrogen) atoms. The number of rotatable bonds is 5. The predicted octanol–water partition coefficient (Wildman–Crippen LogP) is 1.31. The van der Waals surface area contributed by atoms with Crippen molar-refractivity contribution in [3.05, 3.63) is 48.3 Å². The highest BCUT2D eigenvalue weighted by Crippen LogP contribution is 2.28. The van der Waals surface area contributed by atoms with Crippen LogP contribution in [0.4, 0.5) is 0 Å². The van der Waals surface area contributed by atoms with Crippen LogP contribution >= 0.6 is 0 Å². The Bertz CT molecular complexity index is 773. The number of hydrogen-bond acceptors (Lipinski definition) is 4. The quantitative estimate of drug-likeness (QED) is 0.816. The SMILES string of the molecule is CN(C)S(=O)(=O)N1CCC[C@@H](c2nccn2Cc2ccccn2)C1. The monoisotopic (exact) mass is 349 g/mol. The fourth-order valence-electron chi connectivity index (χ4n) is 3.07. The van der Waals surface area contributed by atoms with Crippen LogP contribution in [0.3, 0.4) is 0 Å². The highest BCUT2D eigenvalue weighted by atomic mass is 32.2. The molecule has 0 radical (unpaired) electrons. The summed E-state index contributed by atoms with van der Waals surface area (Å²) in [7, 11) is -0.238. The Kier molecular flexibility index (Phi) is 4.98. The zero-order valence-electron chi connectivity index (χ0n) is 14.0. The molecule has 3 rings (SSSR count). The van der Waals surface area contributed by atoms with Crippen molar-refractivity contribution in [3.8, 4) is 0 Å². The van der Waals surface area contributed by atoms with Crippen molar-refractivity contribution in [3.63, 3.8) is 0 Å². The van der Waals surface area contributed by atoms with Gasteiger partial charge >= 0.3 is 0 Å². The predicted molar refractivity (Wildman–Crippen MR) is 91.7 cm³/mol. The Balaban J connectivity index is 1.79. The second-order valence-electron chi connectivity index (χ2n) is 6.22. The van der Waals surface area contributed by atoms with Gasteiger partial charge in [0.05, 0.1) is 12.2 Å². The molecule has 1 atom stereocenters. The van der Waals surface area contributed by atoms with Gasteiger partial charge in [-0.05, 0) is 25.0 Å². The Labute approximate surface area is 143 Å². The van der Waals surface area contributed by atoms with Gasteiger partial charge in [0.15, 0.2) is 0 Å². The Morgan fingerprint density at radius 2 is 2.08 bits per heavy atom. The molecule has 1 aliphatic heterocycles. The van der Waals surface area contributed by atoms with Gasteiger partial charge in [-0.2, -0.15) is 17.0 Å². The summed E-state index contributed by atoms with van der Waals surface area (Å²) in [5.41, 5.74) is 0.963. The number of aromatic nitrogens is 3. The summed E-state index contributed by atoms with van der Waals surface area (Å²) < 4.78 is 29.7. The van der Waals surface area contributed by atoms with Crippen molar-refractivity contribution in [1.82, 2.24) is 23.1 Å². The summed E-state index contributed by atoms with van der Waals surface area (Å²) in [6.07, 6.45) is 7.27. The van der Waals surface area contributed by atoms with Crippen LogP contribution in [-0.2, 0) is 16.8 Å². The van der Waals surface area contributed by atoms with Gasteiger partial charge in [-0.15, -0.1) is 0 Å². The van der Waals surface area contributed by atoms with E-state index >= 15 is 0 Å². The molecular weight excluding hydrogens is 326 g/mol. The second-order valence-corrected chi connectivity index (χ2v) is 8.36. The molecule has 0 unspecified atom stereocenters. The summed E-state index contributed by atoms with van der Waals surface area (Å²) >= 11 is 0. The zero-order chi connectivity index (χ0) is 17.2. The van der Waals surface area contributed by atoms with Crippen molar-refractivity contribution >= 4 is 10.2 Å². The minimum absolute atomic E-state index is 0.104. The maximum absolute atomic E-state index is 12.4. The minimum Gasteiger partial charge on any atom is -0.329 e. The second kappa shape index (κ2) is 7.00. The fraction of sp³-hybridized carbons (Fsp3) is 0.500. The largest absolute Gasteiger partial charge is 0.329 e. The molecular formula is C16H23N5O2S. The van der Waals surface area contributed by atoms with Gasteiger partial charge in [-0.25, -0.2) is 4.98 Å². The van der Waals surface area contributed by atoms with Crippen LogP contribution in [0.5, 0.6) is 0 Å². The molecule has 3 heterocycles. The first-order valence-corrected chi connectivity index (χ1v) is 9.46. The van der Waals surface area contributed by atoms with Gasteiger partial charge in [-0.1, -0.05) is 6.07 Å². The van der Waals surface area contributed by atoms with Crippen LogP contribution in [-0.4, -0.2) is 58.7 Å². The topological polar surface area (TPSA) is 71.3 Å². The molecule has 1 aliphatic rings. The number of imidazole rings is 1. The van der Waals surface area contributed by atoms with Crippen LogP contribution < -0.4 is 0 Å². The third-order valence-corrected chi connectivity index (χ3v) is 6.25. The first-order chi connectivity index (χ1) is 11.5. The molecule has 2 aromatic heterocycles. The van der Waals surface area contributed by atoms with Crippen LogP contribution in [0.15, 0.2) is 36.8 Å². The summed E-state index contributed by atoms with van der Waals surface area (Å²) in [6.45, 7) is 1.69. The normalized spacial score (nSPS) is 19.7. The molecule has 7 nitrogen and oxygen atoms in total. The van der Waals surface area contributed by atoms with Gasteiger partial charge in [-0.3, -0.25) is 4.98 Å². The summed E-state index contributed by atoms with van der Waals surface area (Å²) in [6, 6.07) is 5.84. The third-order valence-electron chi connectivity index (χ3n) is 4.34. The van der Waals surface area contributed by atoms with Crippen molar-refractivity contribution < 1.29 is 8.42 Å². The smallest absolute Gasteiger partial charge is 0.281 e. The molecule has 1 fully saturated rings. The lowest BCUT2D eigenvalue weighted by molar-refractivity contribution is 0.290. The van der Waals surface area contributed by atoms with Crippen LogP contribution in [0.25, 0.3) is 0 Å². The fourth-order valence-corrected chi connectivity index (χ4v) is 4.26. The van der Waals surface area contributed by atoms with E-state index in [4.69, 9.17) is 0 Å². The number of hydrogen-bond donors (Lipinski definition) is 0. The Morgan fingerprint density at radius 3 is 2.79 bits per heavy atom. The van der Waals surface area contributed by atoms with Gasteiger partial charge in [0, 0.05) is 51.7 Å². The summed E-state index contributed by atoms with van der Waals surface area (Å²) in [5, 5.41) is 0. The molecule has 2 aromatic rings. The maximum atomic E-state index is 12.4. The van der Waals surface area contributed by atoms with Gasteiger partial charge < -0.3 is 4.57 Å². The zero-order valence-corrected chi connectivity index (χ0v) is 14.9. The van der Waals surface area contributed by atoms with E-state index in [0.717, 1.165) is 24.4 Å². The number of nitrogens with zero attached hydrogens (tertiary/aromatic N) is 5. The van der Waals surface area contributed by atoms with E-state index in [1.807, 2.05) is 24.4 Å². The molecule has 130 valence electrons. The maximum Gasteiger partial charge on any atom is 0.281 e. The molecule has 0 saturated carbocycles. The molecule has 0 bridgehead atoms. The molecule has 0 N–H and O–H groups in total. The molecule has 8 heteroatoms. The molecule has 0 spiro atoms. The lowest BCUT2D eigenvalue weighted by Crippen LogP contribution is -2.45. The Morgan fingerprint density at radius 1 is 1.25 bits per heavy atom. The molecule has 1 saturated heterocycles. The van der Waals surface area contributed by atoms with E-state index in [1.165, 1.54) is 4.31 Å². The average Bonchev–Trinajstić information content (AvgIpc) is 3.04. The van der Waals surface area contributed by atoms with Crippen molar-refractivity contribution in [1.29, 1.82) is 0 Å². The average molecular weight is 349 g/mol. The van der Waals surface area contributed by atoms with Gasteiger partial charge in [0.2, 0.25) is 0 Å². The van der Waals surface area contributed by atoms with E-state index < -0.39 is 10.2 Å². The van der Waals surface area contributed by atoms with Crippen molar-refractivity contribution in [2.75, 3.05) is 27.2 Å². The van der Waals surface area contributed by atoms with Gasteiger partial charge in [0.1, 0.15) is 5.82 Å². The van der Waals surface area contributed by atoms with Crippen LogP contribution in [0.1, 0.15) is 30.3 Å². The molecule has 0 aromatic carbocycles. The minimum atomic E-state index is -3.38. The number of piperidine rings is 1. The third kappa shape index (κ3) is 3.50. The highest BCUT2D eigenvalue weighted by Gasteiger charge is 2.32. The van der Waals surface area contributed by atoms with E-state index in [0.29, 0.717) is 19.6 Å². The molecule has 0 aliphatic carbocycles. The molecule has 0 amide bonds. The van der Waals surface area contributed by atoms with Crippen LogP contribution in [0.2, 0.25) is 0 Å². The highest BCUT2D eigenvalue weighted by molar-refractivity contribution is 7.86. The first-order valence-electron chi connectivity index (χ1n) is 8.07. The lowest BCUT2D eigenvalue weighted by Gasteiger charge is -2.33. The van der Waals surface area contributed by atoms with E-state index in [9.17, 15) is 8.42 Å². The van der Waals surface area contributed by atoms with Crippen LogP contribution in [0, 0.1) is 0 Å². The van der Waals surface area contributed by atoms with Gasteiger partial charge in [0.25, 0.3) is 10.2 Å². The van der Waals surface area contributed by atoms with E-state index in [1.54, 1.807) is 30.8 Å². The van der Waals surface area contributed by atoms with Crippen molar-refractivity contribution in [2.45, 2.75) is 25.3 Å². The van der Waals surface area contributed by atoms with E-state index in [-0.39, 0.29) is 5.92 Å². The standard InChI is InChI=1S/C16H23N5O2S/c1-19(2)24(22,23)21-10-5-6-14(12-21)16-18-9-11-20(16)13-15-7-3-4-8-17-15/h3-4,7-9,11,14H,5-6,10,12-13H2,1-2H3/t14-/m1/s1. The summed E-state index contributed by atoms with van der Waals surface area (Å²) in [4.78, 5) is 8.85. The first kappa shape index (κ1) is 17.1. The lowest BCUT2D eigenvalue weighted by atomic mass is 9.99. The summed E-state index contributed by atoms with van der Waals surface area (Å²) in [5.74, 6) is 1.03. The van der Waals surface area contributed by atoms with Crippen molar-refractivity contribution in [2.24, 2.45) is 0 Å². The Hall–Kier alpha value is -1.77.